The van der Waals surface area contributed by atoms with Gasteiger partial charge < -0.3 is 20.4 Å². The monoisotopic (exact) mass is 366 g/mol. The molecule has 0 unspecified atom stereocenters. The maximum atomic E-state index is 12.1. The van der Waals surface area contributed by atoms with Gasteiger partial charge >= 0.3 is 0 Å². The van der Waals surface area contributed by atoms with Gasteiger partial charge in [-0.15, -0.1) is 0 Å². The van der Waals surface area contributed by atoms with Gasteiger partial charge in [-0.25, -0.2) is 4.98 Å². The first-order chi connectivity index (χ1) is 13.1. The Morgan fingerprint density at radius 2 is 1.89 bits per heavy atom. The molecule has 0 aliphatic rings. The molecule has 7 nitrogen and oxygen atoms in total. The first-order valence-electron chi connectivity index (χ1n) is 8.82. The van der Waals surface area contributed by atoms with Crippen LogP contribution in [0.2, 0.25) is 0 Å². The van der Waals surface area contributed by atoms with Crippen molar-refractivity contribution < 1.29 is 14.3 Å². The van der Waals surface area contributed by atoms with Crippen molar-refractivity contribution in [3.05, 3.63) is 59.9 Å². The van der Waals surface area contributed by atoms with E-state index < -0.39 is 0 Å². The predicted molar refractivity (Wildman–Crippen MR) is 103 cm³/mol. The number of carbonyl (C=O) groups is 2. The lowest BCUT2D eigenvalue weighted by Gasteiger charge is -2.12. The van der Waals surface area contributed by atoms with Gasteiger partial charge in [0.1, 0.15) is 11.6 Å². The van der Waals surface area contributed by atoms with Crippen molar-refractivity contribution in [3.63, 3.8) is 0 Å². The van der Waals surface area contributed by atoms with E-state index in [2.05, 4.69) is 20.6 Å². The minimum absolute atomic E-state index is 0.114. The Labute approximate surface area is 157 Å². The van der Waals surface area contributed by atoms with Gasteiger partial charge in [0.15, 0.2) is 0 Å². The number of aromatic amines is 1. The van der Waals surface area contributed by atoms with Crippen LogP contribution in [-0.2, 0) is 4.79 Å². The zero-order valence-corrected chi connectivity index (χ0v) is 15.3. The molecule has 0 aliphatic carbocycles. The lowest BCUT2D eigenvalue weighted by atomic mass is 10.2. The van der Waals surface area contributed by atoms with E-state index in [1.807, 2.05) is 38.1 Å². The third-order valence-electron chi connectivity index (χ3n) is 4.03. The fourth-order valence-corrected chi connectivity index (χ4v) is 2.67. The van der Waals surface area contributed by atoms with Crippen LogP contribution in [0.4, 0.5) is 0 Å². The maximum absolute atomic E-state index is 12.1. The van der Waals surface area contributed by atoms with Gasteiger partial charge in [0.25, 0.3) is 5.91 Å². The highest BCUT2D eigenvalue weighted by atomic mass is 16.5. The van der Waals surface area contributed by atoms with Gasteiger partial charge in [-0.3, -0.25) is 9.59 Å². The lowest BCUT2D eigenvalue weighted by Crippen LogP contribution is -2.38. The smallest absolute Gasteiger partial charge is 0.251 e. The molecule has 0 spiro atoms. The SMILES string of the molecule is CCOc1ccc(C(=O)NCC(=O)N[C@H](C)c2nc3ccccc3[nH]2)cc1. The van der Waals surface area contributed by atoms with Gasteiger partial charge in [-0.05, 0) is 50.2 Å². The molecule has 3 rings (SSSR count). The van der Waals surface area contributed by atoms with Crippen molar-refractivity contribution in [2.75, 3.05) is 13.2 Å². The predicted octanol–water partition coefficient (Wildman–Crippen LogP) is 2.57. The maximum Gasteiger partial charge on any atom is 0.251 e. The normalized spacial score (nSPS) is 11.8. The number of para-hydroxylation sites is 2. The second-order valence-electron chi connectivity index (χ2n) is 6.07. The van der Waals surface area contributed by atoms with Gasteiger partial charge in [0.05, 0.1) is 30.2 Å². The average Bonchev–Trinajstić information content (AvgIpc) is 3.11. The minimum atomic E-state index is -0.315. The molecule has 0 radical (unpaired) electrons. The molecule has 3 N–H and O–H groups in total. The number of ether oxygens (including phenoxy) is 1. The summed E-state index contributed by atoms with van der Waals surface area (Å²) in [5.74, 6) is 0.765. The molecule has 7 heteroatoms. The number of rotatable bonds is 7. The van der Waals surface area contributed by atoms with E-state index in [4.69, 9.17) is 4.74 Å². The Hall–Kier alpha value is -3.35. The number of benzene rings is 2. The van der Waals surface area contributed by atoms with E-state index in [-0.39, 0.29) is 24.4 Å². The van der Waals surface area contributed by atoms with Crippen LogP contribution in [-0.4, -0.2) is 34.9 Å². The van der Waals surface area contributed by atoms with Crippen LogP contribution in [0, 0.1) is 0 Å². The second-order valence-corrected chi connectivity index (χ2v) is 6.07. The summed E-state index contributed by atoms with van der Waals surface area (Å²) in [4.78, 5) is 31.9. The number of hydrogen-bond donors (Lipinski definition) is 3. The van der Waals surface area contributed by atoms with Gasteiger partial charge in [0, 0.05) is 5.56 Å². The Balaban J connectivity index is 1.51. The third-order valence-corrected chi connectivity index (χ3v) is 4.03. The summed E-state index contributed by atoms with van der Waals surface area (Å²) in [6, 6.07) is 14.1. The molecule has 2 amide bonds. The van der Waals surface area contributed by atoms with Crippen molar-refractivity contribution in [1.82, 2.24) is 20.6 Å². The summed E-state index contributed by atoms with van der Waals surface area (Å²) in [5, 5.41) is 5.43. The first-order valence-corrected chi connectivity index (χ1v) is 8.82. The fraction of sp³-hybridized carbons (Fsp3) is 0.250. The number of H-pyrrole nitrogens is 1. The highest BCUT2D eigenvalue weighted by molar-refractivity contribution is 5.96. The fourth-order valence-electron chi connectivity index (χ4n) is 2.67. The molecule has 0 fully saturated rings. The van der Waals surface area contributed by atoms with Crippen LogP contribution in [0.3, 0.4) is 0 Å². The molecule has 0 aliphatic heterocycles. The molecular formula is C20H22N4O3. The van der Waals surface area contributed by atoms with Crippen molar-refractivity contribution in [2.24, 2.45) is 0 Å². The van der Waals surface area contributed by atoms with Crippen LogP contribution in [0.25, 0.3) is 11.0 Å². The van der Waals surface area contributed by atoms with Crippen LogP contribution in [0.15, 0.2) is 48.5 Å². The summed E-state index contributed by atoms with van der Waals surface area (Å²) in [7, 11) is 0. The number of fused-ring (bicyclic) bond motifs is 1. The van der Waals surface area contributed by atoms with Gasteiger partial charge in [-0.2, -0.15) is 0 Å². The Bertz CT molecular complexity index is 901. The summed E-state index contributed by atoms with van der Waals surface area (Å²) < 4.78 is 5.34. The zero-order valence-electron chi connectivity index (χ0n) is 15.3. The Kier molecular flexibility index (Phi) is 5.71. The first kappa shape index (κ1) is 18.4. The molecule has 1 aromatic heterocycles. The van der Waals surface area contributed by atoms with Crippen LogP contribution in [0.5, 0.6) is 5.75 Å². The number of hydrogen-bond acceptors (Lipinski definition) is 4. The van der Waals surface area contributed by atoms with Gasteiger partial charge in [0.2, 0.25) is 5.91 Å². The molecule has 0 saturated carbocycles. The van der Waals surface area contributed by atoms with Crippen LogP contribution >= 0.6 is 0 Å². The van der Waals surface area contributed by atoms with E-state index >= 15 is 0 Å². The largest absolute Gasteiger partial charge is 0.494 e. The number of nitrogens with one attached hydrogen (secondary N) is 3. The minimum Gasteiger partial charge on any atom is -0.494 e. The third kappa shape index (κ3) is 4.63. The van der Waals surface area contributed by atoms with Crippen molar-refractivity contribution in [1.29, 1.82) is 0 Å². The highest BCUT2D eigenvalue weighted by Gasteiger charge is 2.14. The molecule has 3 aromatic rings. The van der Waals surface area contributed by atoms with Crippen LogP contribution in [0.1, 0.15) is 36.1 Å². The average molecular weight is 366 g/mol. The quantitative estimate of drug-likeness (QED) is 0.599. The Morgan fingerprint density at radius 3 is 2.59 bits per heavy atom. The number of amides is 2. The topological polar surface area (TPSA) is 96.1 Å². The molecule has 140 valence electrons. The van der Waals surface area contributed by atoms with Crippen molar-refractivity contribution in [2.45, 2.75) is 19.9 Å². The zero-order chi connectivity index (χ0) is 19.2. The van der Waals surface area contributed by atoms with E-state index in [1.165, 1.54) is 0 Å². The van der Waals surface area contributed by atoms with E-state index in [0.29, 0.717) is 23.7 Å². The number of carbonyl (C=O) groups excluding carboxylic acids is 2. The summed E-state index contributed by atoms with van der Waals surface area (Å²) >= 11 is 0. The molecule has 1 atom stereocenters. The number of aromatic nitrogens is 2. The van der Waals surface area contributed by atoms with E-state index in [1.54, 1.807) is 24.3 Å². The molecule has 27 heavy (non-hydrogen) atoms. The summed E-state index contributed by atoms with van der Waals surface area (Å²) in [6.45, 7) is 4.18. The van der Waals surface area contributed by atoms with E-state index in [9.17, 15) is 9.59 Å². The molecule has 0 bridgehead atoms. The van der Waals surface area contributed by atoms with Crippen molar-refractivity contribution >= 4 is 22.8 Å². The van der Waals surface area contributed by atoms with Crippen LogP contribution < -0.4 is 15.4 Å². The number of imidazole rings is 1. The lowest BCUT2D eigenvalue weighted by molar-refractivity contribution is -0.120. The molecule has 2 aromatic carbocycles. The van der Waals surface area contributed by atoms with E-state index in [0.717, 1.165) is 11.0 Å². The molecule has 0 saturated heterocycles. The number of nitrogens with zero attached hydrogens (tertiary/aromatic N) is 1. The highest BCUT2D eigenvalue weighted by Crippen LogP contribution is 2.15. The molecular weight excluding hydrogens is 344 g/mol. The second kappa shape index (κ2) is 8.35. The Morgan fingerprint density at radius 1 is 1.15 bits per heavy atom. The molecule has 1 heterocycles. The summed E-state index contributed by atoms with van der Waals surface area (Å²) in [6.07, 6.45) is 0. The summed E-state index contributed by atoms with van der Waals surface area (Å²) in [5.41, 5.74) is 2.23. The van der Waals surface area contributed by atoms with Crippen molar-refractivity contribution in [3.8, 4) is 5.75 Å². The standard InChI is InChI=1S/C20H22N4O3/c1-3-27-15-10-8-14(9-11-15)20(26)21-12-18(25)22-13(2)19-23-16-6-4-5-7-17(16)24-19/h4-11,13H,3,12H2,1-2H3,(H,21,26)(H,22,25)(H,23,24)/t13-/m1/s1. The van der Waals surface area contributed by atoms with Gasteiger partial charge in [-0.1, -0.05) is 12.1 Å².